The number of nitrogens with zero attached hydrogens (tertiary/aromatic N) is 2. The van der Waals surface area contributed by atoms with Crippen LogP contribution in [-0.2, 0) is 6.42 Å². The largest absolute Gasteiger partial charge is 0.339 e. The highest BCUT2D eigenvalue weighted by atomic mass is 16.5. The Hall–Kier alpha value is -0.900. The van der Waals surface area contributed by atoms with Crippen LogP contribution in [-0.4, -0.2) is 23.7 Å². The summed E-state index contributed by atoms with van der Waals surface area (Å²) in [5.41, 5.74) is 0. The summed E-state index contributed by atoms with van der Waals surface area (Å²) in [6, 6.07) is 0. The zero-order valence-corrected chi connectivity index (χ0v) is 8.62. The molecule has 1 heterocycles. The van der Waals surface area contributed by atoms with Crippen LogP contribution in [0.4, 0.5) is 0 Å². The van der Waals surface area contributed by atoms with E-state index < -0.39 is 0 Å². The molecule has 78 valence electrons. The fourth-order valence-corrected chi connectivity index (χ4v) is 1.94. The topological polar surface area (TPSA) is 51.0 Å². The molecule has 1 aliphatic carbocycles. The van der Waals surface area contributed by atoms with Gasteiger partial charge in [0.05, 0.1) is 0 Å². The maximum Gasteiger partial charge on any atom is 0.229 e. The monoisotopic (exact) mass is 195 g/mol. The van der Waals surface area contributed by atoms with Gasteiger partial charge in [-0.1, -0.05) is 18.0 Å². The Balaban J connectivity index is 1.94. The van der Waals surface area contributed by atoms with Gasteiger partial charge in [-0.05, 0) is 19.9 Å². The molecule has 1 aliphatic rings. The summed E-state index contributed by atoms with van der Waals surface area (Å²) in [5.74, 6) is 2.22. The number of rotatable bonds is 4. The first-order valence-corrected chi connectivity index (χ1v) is 5.37. The van der Waals surface area contributed by atoms with Crippen LogP contribution in [0.25, 0.3) is 0 Å². The van der Waals surface area contributed by atoms with Crippen LogP contribution in [0, 0.1) is 0 Å². The standard InChI is InChI=1S/C10H17N3O/c1-11-7-6-9-12-10(14-13-9)8-4-2-3-5-8/h8,11H,2-7H2,1H3. The fourth-order valence-electron chi connectivity index (χ4n) is 1.94. The maximum atomic E-state index is 5.26. The van der Waals surface area contributed by atoms with Crippen molar-refractivity contribution >= 4 is 0 Å². The van der Waals surface area contributed by atoms with E-state index in [2.05, 4.69) is 15.5 Å². The van der Waals surface area contributed by atoms with Crippen molar-refractivity contribution in [3.05, 3.63) is 11.7 Å². The average Bonchev–Trinajstić information content (AvgIpc) is 2.85. The van der Waals surface area contributed by atoms with Gasteiger partial charge in [0.15, 0.2) is 5.82 Å². The Kier molecular flexibility index (Phi) is 3.14. The molecule has 1 N–H and O–H groups in total. The quantitative estimate of drug-likeness (QED) is 0.790. The molecule has 0 unspecified atom stereocenters. The van der Waals surface area contributed by atoms with E-state index in [9.17, 15) is 0 Å². The van der Waals surface area contributed by atoms with Gasteiger partial charge in [0.1, 0.15) is 0 Å². The number of aromatic nitrogens is 2. The average molecular weight is 195 g/mol. The predicted molar refractivity (Wildman–Crippen MR) is 53.1 cm³/mol. The van der Waals surface area contributed by atoms with Gasteiger partial charge in [0.25, 0.3) is 0 Å². The Morgan fingerprint density at radius 2 is 2.21 bits per heavy atom. The summed E-state index contributed by atoms with van der Waals surface area (Å²) >= 11 is 0. The normalized spacial score (nSPS) is 17.8. The van der Waals surface area contributed by atoms with Gasteiger partial charge in [0, 0.05) is 18.9 Å². The molecule has 0 aromatic carbocycles. The van der Waals surface area contributed by atoms with E-state index in [-0.39, 0.29) is 0 Å². The van der Waals surface area contributed by atoms with Crippen molar-refractivity contribution in [3.63, 3.8) is 0 Å². The third-order valence-corrected chi connectivity index (χ3v) is 2.79. The molecule has 14 heavy (non-hydrogen) atoms. The molecule has 0 amide bonds. The molecule has 4 nitrogen and oxygen atoms in total. The molecule has 0 atom stereocenters. The van der Waals surface area contributed by atoms with Crippen LogP contribution in [0.1, 0.15) is 43.3 Å². The van der Waals surface area contributed by atoms with Gasteiger partial charge in [0.2, 0.25) is 5.89 Å². The van der Waals surface area contributed by atoms with Crippen molar-refractivity contribution in [1.29, 1.82) is 0 Å². The molecule has 0 saturated heterocycles. The molecule has 1 saturated carbocycles. The van der Waals surface area contributed by atoms with E-state index in [0.29, 0.717) is 5.92 Å². The van der Waals surface area contributed by atoms with Crippen molar-refractivity contribution in [2.45, 2.75) is 38.0 Å². The van der Waals surface area contributed by atoms with E-state index >= 15 is 0 Å². The van der Waals surface area contributed by atoms with E-state index in [1.807, 2.05) is 7.05 Å². The smallest absolute Gasteiger partial charge is 0.229 e. The van der Waals surface area contributed by atoms with Crippen LogP contribution in [0.3, 0.4) is 0 Å². The number of likely N-dealkylation sites (N-methyl/N-ethyl adjacent to an activating group) is 1. The lowest BCUT2D eigenvalue weighted by atomic mass is 10.1. The summed E-state index contributed by atoms with van der Waals surface area (Å²) in [4.78, 5) is 4.41. The summed E-state index contributed by atoms with van der Waals surface area (Å²) in [7, 11) is 1.93. The minimum absolute atomic E-state index is 0.533. The second-order valence-electron chi connectivity index (χ2n) is 3.88. The van der Waals surface area contributed by atoms with Crippen LogP contribution in [0.15, 0.2) is 4.52 Å². The zero-order valence-electron chi connectivity index (χ0n) is 8.62. The molecule has 2 rings (SSSR count). The maximum absolute atomic E-state index is 5.26. The lowest BCUT2D eigenvalue weighted by molar-refractivity contribution is 0.350. The second kappa shape index (κ2) is 4.55. The molecule has 0 aliphatic heterocycles. The number of nitrogens with one attached hydrogen (secondary N) is 1. The van der Waals surface area contributed by atoms with Crippen molar-refractivity contribution < 1.29 is 4.52 Å². The molecular formula is C10H17N3O. The molecule has 1 aromatic rings. The zero-order chi connectivity index (χ0) is 9.80. The van der Waals surface area contributed by atoms with Gasteiger partial charge in [-0.3, -0.25) is 0 Å². The summed E-state index contributed by atoms with van der Waals surface area (Å²) < 4.78 is 5.26. The first-order valence-electron chi connectivity index (χ1n) is 5.37. The first-order chi connectivity index (χ1) is 6.90. The van der Waals surface area contributed by atoms with Gasteiger partial charge in [-0.15, -0.1) is 0 Å². The SMILES string of the molecule is CNCCc1noc(C2CCCC2)n1. The van der Waals surface area contributed by atoms with Crippen LogP contribution >= 0.6 is 0 Å². The molecule has 0 radical (unpaired) electrons. The molecule has 1 fully saturated rings. The van der Waals surface area contributed by atoms with Crippen molar-refractivity contribution in [1.82, 2.24) is 15.5 Å². The molecule has 1 aromatic heterocycles. The minimum atomic E-state index is 0.533. The van der Waals surface area contributed by atoms with Crippen LogP contribution in [0.2, 0.25) is 0 Å². The lowest BCUT2D eigenvalue weighted by Gasteiger charge is -1.99. The van der Waals surface area contributed by atoms with Crippen LogP contribution in [0.5, 0.6) is 0 Å². The van der Waals surface area contributed by atoms with Gasteiger partial charge in [-0.25, -0.2) is 0 Å². The third kappa shape index (κ3) is 2.12. The molecule has 0 bridgehead atoms. The third-order valence-electron chi connectivity index (χ3n) is 2.79. The molecular weight excluding hydrogens is 178 g/mol. The van der Waals surface area contributed by atoms with Crippen molar-refractivity contribution in [3.8, 4) is 0 Å². The lowest BCUT2D eigenvalue weighted by Crippen LogP contribution is -2.11. The van der Waals surface area contributed by atoms with E-state index in [4.69, 9.17) is 4.52 Å². The Labute approximate surface area is 84.1 Å². The van der Waals surface area contributed by atoms with E-state index in [1.54, 1.807) is 0 Å². The second-order valence-corrected chi connectivity index (χ2v) is 3.88. The van der Waals surface area contributed by atoms with Gasteiger partial charge < -0.3 is 9.84 Å². The highest BCUT2D eigenvalue weighted by Gasteiger charge is 2.22. The van der Waals surface area contributed by atoms with Crippen molar-refractivity contribution in [2.24, 2.45) is 0 Å². The van der Waals surface area contributed by atoms with Crippen LogP contribution < -0.4 is 5.32 Å². The fraction of sp³-hybridized carbons (Fsp3) is 0.800. The highest BCUT2D eigenvalue weighted by molar-refractivity contribution is 4.96. The first kappa shape index (κ1) is 9.65. The van der Waals surface area contributed by atoms with E-state index in [0.717, 1.165) is 24.7 Å². The summed E-state index contributed by atoms with van der Waals surface area (Å²) in [5, 5.41) is 7.05. The molecule has 0 spiro atoms. The highest BCUT2D eigenvalue weighted by Crippen LogP contribution is 2.32. The Morgan fingerprint density at radius 3 is 2.93 bits per heavy atom. The summed E-state index contributed by atoms with van der Waals surface area (Å²) in [6.07, 6.45) is 5.89. The van der Waals surface area contributed by atoms with Gasteiger partial charge >= 0.3 is 0 Å². The Bertz CT molecular complexity index is 279. The minimum Gasteiger partial charge on any atom is -0.339 e. The van der Waals surface area contributed by atoms with Crippen molar-refractivity contribution in [2.75, 3.05) is 13.6 Å². The Morgan fingerprint density at radius 1 is 1.43 bits per heavy atom. The number of hydrogen-bond donors (Lipinski definition) is 1. The number of hydrogen-bond acceptors (Lipinski definition) is 4. The predicted octanol–water partition coefficient (Wildman–Crippen LogP) is 1.49. The van der Waals surface area contributed by atoms with E-state index in [1.165, 1.54) is 25.7 Å². The van der Waals surface area contributed by atoms with Gasteiger partial charge in [-0.2, -0.15) is 4.98 Å². The summed E-state index contributed by atoms with van der Waals surface area (Å²) in [6.45, 7) is 0.906. The molecule has 4 heteroatoms.